The maximum atomic E-state index is 11.8. The number of carbonyl (C=O) groups excluding carboxylic acids is 1. The van der Waals surface area contributed by atoms with Gasteiger partial charge in [-0.1, -0.05) is 19.9 Å². The zero-order valence-corrected chi connectivity index (χ0v) is 14.0. The Balaban J connectivity index is 2.39. The van der Waals surface area contributed by atoms with Gasteiger partial charge in [0, 0.05) is 24.7 Å². The van der Waals surface area contributed by atoms with Crippen LogP contribution in [-0.2, 0) is 16.1 Å². The van der Waals surface area contributed by atoms with Crippen LogP contribution >= 0.6 is 0 Å². The van der Waals surface area contributed by atoms with Gasteiger partial charge in [-0.15, -0.1) is 0 Å². The minimum absolute atomic E-state index is 0.0441. The molecule has 6 nitrogen and oxygen atoms in total. The molecule has 23 heavy (non-hydrogen) atoms. The van der Waals surface area contributed by atoms with Gasteiger partial charge in [0.15, 0.2) is 0 Å². The van der Waals surface area contributed by atoms with Gasteiger partial charge in [0.25, 0.3) is 5.56 Å². The summed E-state index contributed by atoms with van der Waals surface area (Å²) < 4.78 is 1.68. The van der Waals surface area contributed by atoms with Crippen LogP contribution in [0.25, 0.3) is 0 Å². The van der Waals surface area contributed by atoms with Crippen molar-refractivity contribution in [1.29, 1.82) is 0 Å². The average molecular weight is 322 g/mol. The number of amides is 1. The number of nitrogens with zero attached hydrogens (tertiary/aromatic N) is 1. The lowest BCUT2D eigenvalue weighted by Gasteiger charge is -2.16. The van der Waals surface area contributed by atoms with E-state index >= 15 is 0 Å². The Kier molecular flexibility index (Phi) is 7.51. The summed E-state index contributed by atoms with van der Waals surface area (Å²) in [6, 6.07) is 4.28. The van der Waals surface area contributed by atoms with Crippen LogP contribution in [0.15, 0.2) is 23.0 Å². The molecule has 1 amide bonds. The number of nitrogens with one attached hydrogen (secondary N) is 1. The lowest BCUT2D eigenvalue weighted by atomic mass is 10.0. The number of rotatable bonds is 9. The van der Waals surface area contributed by atoms with Gasteiger partial charge >= 0.3 is 5.97 Å². The Morgan fingerprint density at radius 1 is 1.26 bits per heavy atom. The molecule has 1 atom stereocenters. The molecule has 1 rings (SSSR count). The second-order valence-corrected chi connectivity index (χ2v) is 6.20. The number of carboxylic acids is 1. The third-order valence-electron chi connectivity index (χ3n) is 3.64. The molecule has 128 valence electrons. The zero-order chi connectivity index (χ0) is 17.4. The molecule has 2 N–H and O–H groups in total. The first-order valence-electron chi connectivity index (χ1n) is 8.00. The van der Waals surface area contributed by atoms with Gasteiger partial charge in [-0.3, -0.25) is 9.59 Å². The lowest BCUT2D eigenvalue weighted by Crippen LogP contribution is -2.41. The van der Waals surface area contributed by atoms with Crippen LogP contribution in [0.3, 0.4) is 0 Å². The van der Waals surface area contributed by atoms with E-state index in [1.807, 2.05) is 26.8 Å². The molecule has 0 aliphatic rings. The van der Waals surface area contributed by atoms with Crippen molar-refractivity contribution in [2.24, 2.45) is 5.92 Å². The number of unbranched alkanes of at least 4 members (excludes halogenated alkanes) is 1. The van der Waals surface area contributed by atoms with Crippen molar-refractivity contribution in [3.63, 3.8) is 0 Å². The van der Waals surface area contributed by atoms with Crippen LogP contribution in [-0.4, -0.2) is 27.6 Å². The summed E-state index contributed by atoms with van der Waals surface area (Å²) in [6.45, 7) is 6.27. The van der Waals surface area contributed by atoms with Gasteiger partial charge in [-0.2, -0.15) is 0 Å². The van der Waals surface area contributed by atoms with E-state index < -0.39 is 12.0 Å². The molecule has 1 heterocycles. The summed E-state index contributed by atoms with van der Waals surface area (Å²) >= 11 is 0. The predicted molar refractivity (Wildman–Crippen MR) is 88.3 cm³/mol. The van der Waals surface area contributed by atoms with Crippen molar-refractivity contribution in [1.82, 2.24) is 9.88 Å². The third kappa shape index (κ3) is 6.67. The van der Waals surface area contributed by atoms with Gasteiger partial charge in [0.1, 0.15) is 6.04 Å². The summed E-state index contributed by atoms with van der Waals surface area (Å²) in [4.78, 5) is 34.7. The van der Waals surface area contributed by atoms with Gasteiger partial charge in [-0.25, -0.2) is 4.79 Å². The van der Waals surface area contributed by atoms with Crippen molar-refractivity contribution in [3.05, 3.63) is 34.2 Å². The number of carbonyl (C=O) groups is 2. The molecule has 0 aliphatic carbocycles. The van der Waals surface area contributed by atoms with Crippen molar-refractivity contribution in [2.45, 2.75) is 59.0 Å². The quantitative estimate of drug-likeness (QED) is 0.680. The summed E-state index contributed by atoms with van der Waals surface area (Å²) in [7, 11) is 0. The topological polar surface area (TPSA) is 88.4 Å². The van der Waals surface area contributed by atoms with Gasteiger partial charge in [0.05, 0.1) is 0 Å². The van der Waals surface area contributed by atoms with Crippen LogP contribution in [0.5, 0.6) is 0 Å². The molecule has 0 radical (unpaired) electrons. The van der Waals surface area contributed by atoms with Gasteiger partial charge < -0.3 is 15.0 Å². The Morgan fingerprint density at radius 2 is 1.96 bits per heavy atom. The van der Waals surface area contributed by atoms with Crippen LogP contribution in [0.1, 0.15) is 45.2 Å². The van der Waals surface area contributed by atoms with Crippen molar-refractivity contribution in [3.8, 4) is 0 Å². The van der Waals surface area contributed by atoms with E-state index in [0.29, 0.717) is 25.8 Å². The first-order valence-corrected chi connectivity index (χ1v) is 8.00. The molecule has 6 heteroatoms. The standard InChI is InChI=1S/C17H26N2O4/c1-12(2)11-14(17(22)23)18-15(20)8-4-5-10-19-13(3)7-6-9-16(19)21/h6-7,9,12,14H,4-5,8,10-11H2,1-3H3,(H,18,20)(H,22,23). The summed E-state index contributed by atoms with van der Waals surface area (Å²) in [6.07, 6.45) is 1.99. The molecular weight excluding hydrogens is 296 g/mol. The average Bonchev–Trinajstić information content (AvgIpc) is 2.44. The molecule has 0 saturated heterocycles. The van der Waals surface area contributed by atoms with E-state index in [1.54, 1.807) is 10.6 Å². The maximum absolute atomic E-state index is 11.8. The summed E-state index contributed by atoms with van der Waals surface area (Å²) in [5.41, 5.74) is 0.849. The minimum Gasteiger partial charge on any atom is -0.480 e. The maximum Gasteiger partial charge on any atom is 0.326 e. The van der Waals surface area contributed by atoms with Gasteiger partial charge in [0.2, 0.25) is 5.91 Å². The Labute approximate surface area is 136 Å². The van der Waals surface area contributed by atoms with E-state index in [0.717, 1.165) is 5.69 Å². The fourth-order valence-corrected chi connectivity index (χ4v) is 2.42. The first kappa shape index (κ1) is 18.9. The fraction of sp³-hybridized carbons (Fsp3) is 0.588. The summed E-state index contributed by atoms with van der Waals surface area (Å²) in [5.74, 6) is -1.06. The molecule has 0 bridgehead atoms. The number of carboxylic acid groups (broad SMARTS) is 1. The highest BCUT2D eigenvalue weighted by molar-refractivity contribution is 5.83. The number of hydrogen-bond donors (Lipinski definition) is 2. The number of aryl methyl sites for hydroxylation is 1. The first-order chi connectivity index (χ1) is 10.8. The molecule has 1 aromatic rings. The van der Waals surface area contributed by atoms with Crippen LogP contribution < -0.4 is 10.9 Å². The Morgan fingerprint density at radius 3 is 2.52 bits per heavy atom. The second kappa shape index (κ2) is 9.12. The number of aliphatic carboxylic acids is 1. The molecule has 1 aromatic heterocycles. The highest BCUT2D eigenvalue weighted by Gasteiger charge is 2.20. The molecular formula is C17H26N2O4. The SMILES string of the molecule is Cc1cccc(=O)n1CCCCC(=O)NC(CC(C)C)C(=O)O. The molecule has 0 aliphatic heterocycles. The third-order valence-corrected chi connectivity index (χ3v) is 3.64. The van der Waals surface area contributed by atoms with Gasteiger partial charge in [-0.05, 0) is 38.2 Å². The Bertz CT molecular complexity index is 593. The fourth-order valence-electron chi connectivity index (χ4n) is 2.42. The number of aromatic nitrogens is 1. The van der Waals surface area contributed by atoms with Crippen molar-refractivity contribution in [2.75, 3.05) is 0 Å². The van der Waals surface area contributed by atoms with Crippen molar-refractivity contribution < 1.29 is 14.7 Å². The van der Waals surface area contributed by atoms with Crippen LogP contribution in [0.2, 0.25) is 0 Å². The number of pyridine rings is 1. The molecule has 0 fully saturated rings. The highest BCUT2D eigenvalue weighted by Crippen LogP contribution is 2.06. The highest BCUT2D eigenvalue weighted by atomic mass is 16.4. The number of hydrogen-bond acceptors (Lipinski definition) is 3. The van der Waals surface area contributed by atoms with Crippen LogP contribution in [0, 0.1) is 12.8 Å². The minimum atomic E-state index is -1.00. The predicted octanol–water partition coefficient (Wildman–Crippen LogP) is 1.94. The van der Waals surface area contributed by atoms with Crippen LogP contribution in [0.4, 0.5) is 0 Å². The monoisotopic (exact) mass is 322 g/mol. The van der Waals surface area contributed by atoms with E-state index in [4.69, 9.17) is 5.11 Å². The Hall–Kier alpha value is -2.11. The largest absolute Gasteiger partial charge is 0.480 e. The molecule has 1 unspecified atom stereocenters. The normalized spacial score (nSPS) is 12.2. The smallest absolute Gasteiger partial charge is 0.326 e. The van der Waals surface area contributed by atoms with E-state index in [-0.39, 0.29) is 23.8 Å². The second-order valence-electron chi connectivity index (χ2n) is 6.20. The zero-order valence-electron chi connectivity index (χ0n) is 14.0. The van der Waals surface area contributed by atoms with E-state index in [2.05, 4.69) is 5.32 Å². The van der Waals surface area contributed by atoms with E-state index in [1.165, 1.54) is 6.07 Å². The van der Waals surface area contributed by atoms with Crippen molar-refractivity contribution >= 4 is 11.9 Å². The van der Waals surface area contributed by atoms with E-state index in [9.17, 15) is 14.4 Å². The molecule has 0 spiro atoms. The molecule has 0 saturated carbocycles. The lowest BCUT2D eigenvalue weighted by molar-refractivity contribution is -0.142. The molecule has 0 aromatic carbocycles. The summed E-state index contributed by atoms with van der Waals surface area (Å²) in [5, 5.41) is 11.7.